The first-order chi connectivity index (χ1) is 7.31. The topological polar surface area (TPSA) is 61.8 Å². The molecule has 0 unspecified atom stereocenters. The van der Waals surface area contributed by atoms with Crippen LogP contribution in [-0.2, 0) is 6.61 Å². The maximum Gasteiger partial charge on any atom is 0.188 e. The third-order valence-corrected chi connectivity index (χ3v) is 3.18. The maximum atomic E-state index is 9.18. The third-order valence-electron chi connectivity index (χ3n) is 1.83. The number of aliphatic hydroxyl groups is 1. The summed E-state index contributed by atoms with van der Waals surface area (Å²) < 4.78 is 0. The molecule has 0 atom stereocenters. The summed E-state index contributed by atoms with van der Waals surface area (Å²) in [6, 6.07) is 5.46. The fourth-order valence-corrected chi connectivity index (χ4v) is 2.28. The number of nitrogens with one attached hydrogen (secondary N) is 1. The fourth-order valence-electron chi connectivity index (χ4n) is 1.14. The SMILES string of the molecule is OCc1c(Cl)cccc1Sc1ncn[nH]1. The van der Waals surface area contributed by atoms with Crippen LogP contribution >= 0.6 is 23.4 Å². The van der Waals surface area contributed by atoms with Crippen molar-refractivity contribution in [1.29, 1.82) is 0 Å². The highest BCUT2D eigenvalue weighted by Crippen LogP contribution is 2.31. The zero-order valence-electron chi connectivity index (χ0n) is 7.64. The van der Waals surface area contributed by atoms with Gasteiger partial charge in [0.2, 0.25) is 0 Å². The second-order valence-electron chi connectivity index (χ2n) is 2.77. The van der Waals surface area contributed by atoms with E-state index >= 15 is 0 Å². The number of halogens is 1. The Morgan fingerprint density at radius 1 is 1.47 bits per heavy atom. The standard InChI is InChI=1S/C9H8ClN3OS/c10-7-2-1-3-8(6(7)4-14)15-9-11-5-12-13-9/h1-3,5,14H,4H2,(H,11,12,13). The van der Waals surface area contributed by atoms with Crippen molar-refractivity contribution < 1.29 is 5.11 Å². The number of aromatic amines is 1. The van der Waals surface area contributed by atoms with Crippen LogP contribution in [0.1, 0.15) is 5.56 Å². The van der Waals surface area contributed by atoms with Crippen molar-refractivity contribution in [3.05, 3.63) is 35.1 Å². The molecule has 0 saturated heterocycles. The summed E-state index contributed by atoms with van der Waals surface area (Å²) in [6.45, 7) is -0.0872. The van der Waals surface area contributed by atoms with Crippen LogP contribution in [0.3, 0.4) is 0 Å². The molecule has 0 aliphatic heterocycles. The molecule has 15 heavy (non-hydrogen) atoms. The summed E-state index contributed by atoms with van der Waals surface area (Å²) >= 11 is 7.34. The summed E-state index contributed by atoms with van der Waals surface area (Å²) in [5.41, 5.74) is 0.709. The van der Waals surface area contributed by atoms with Gasteiger partial charge in [0.1, 0.15) is 6.33 Å². The van der Waals surface area contributed by atoms with Gasteiger partial charge in [-0.05, 0) is 23.9 Å². The van der Waals surface area contributed by atoms with E-state index < -0.39 is 0 Å². The van der Waals surface area contributed by atoms with Gasteiger partial charge in [-0.2, -0.15) is 5.10 Å². The van der Waals surface area contributed by atoms with Gasteiger partial charge in [-0.25, -0.2) is 4.98 Å². The highest BCUT2D eigenvalue weighted by Gasteiger charge is 2.08. The van der Waals surface area contributed by atoms with E-state index in [-0.39, 0.29) is 6.61 Å². The minimum absolute atomic E-state index is 0.0872. The summed E-state index contributed by atoms with van der Waals surface area (Å²) in [5, 5.41) is 16.9. The smallest absolute Gasteiger partial charge is 0.188 e. The zero-order valence-corrected chi connectivity index (χ0v) is 9.22. The summed E-state index contributed by atoms with van der Waals surface area (Å²) in [5.74, 6) is 0. The van der Waals surface area contributed by atoms with Gasteiger partial charge in [-0.1, -0.05) is 17.7 Å². The lowest BCUT2D eigenvalue weighted by Gasteiger charge is -2.06. The van der Waals surface area contributed by atoms with Crippen molar-refractivity contribution in [3.63, 3.8) is 0 Å². The molecule has 0 aliphatic rings. The molecule has 0 amide bonds. The minimum Gasteiger partial charge on any atom is -0.392 e. The van der Waals surface area contributed by atoms with Crippen LogP contribution in [0.4, 0.5) is 0 Å². The van der Waals surface area contributed by atoms with Gasteiger partial charge in [-0.3, -0.25) is 5.10 Å². The molecule has 78 valence electrons. The van der Waals surface area contributed by atoms with Crippen molar-refractivity contribution in [2.75, 3.05) is 0 Å². The van der Waals surface area contributed by atoms with Crippen LogP contribution in [0.25, 0.3) is 0 Å². The van der Waals surface area contributed by atoms with Crippen molar-refractivity contribution in [2.24, 2.45) is 0 Å². The Kier molecular flexibility index (Phi) is 3.25. The molecule has 0 saturated carbocycles. The van der Waals surface area contributed by atoms with Crippen molar-refractivity contribution in [2.45, 2.75) is 16.7 Å². The van der Waals surface area contributed by atoms with E-state index in [0.717, 1.165) is 4.90 Å². The van der Waals surface area contributed by atoms with E-state index in [9.17, 15) is 5.11 Å². The Labute approximate surface area is 95.7 Å². The lowest BCUT2D eigenvalue weighted by Crippen LogP contribution is -1.89. The maximum absolute atomic E-state index is 9.18. The van der Waals surface area contributed by atoms with E-state index in [1.165, 1.54) is 18.1 Å². The first-order valence-corrected chi connectivity index (χ1v) is 5.42. The predicted octanol–water partition coefficient (Wildman–Crippen LogP) is 2.10. The monoisotopic (exact) mass is 241 g/mol. The summed E-state index contributed by atoms with van der Waals surface area (Å²) in [6.07, 6.45) is 1.44. The van der Waals surface area contributed by atoms with Crippen molar-refractivity contribution >= 4 is 23.4 Å². The van der Waals surface area contributed by atoms with Gasteiger partial charge < -0.3 is 5.11 Å². The molecule has 1 aromatic carbocycles. The fraction of sp³-hybridized carbons (Fsp3) is 0.111. The first-order valence-electron chi connectivity index (χ1n) is 4.22. The number of H-pyrrole nitrogens is 1. The van der Waals surface area contributed by atoms with Crippen LogP contribution in [0, 0.1) is 0 Å². The first kappa shape index (κ1) is 10.5. The van der Waals surface area contributed by atoms with E-state index in [0.29, 0.717) is 15.7 Å². The Hall–Kier alpha value is -1.04. The van der Waals surface area contributed by atoms with Crippen molar-refractivity contribution in [1.82, 2.24) is 15.2 Å². The number of nitrogens with zero attached hydrogens (tertiary/aromatic N) is 2. The van der Waals surface area contributed by atoms with Crippen molar-refractivity contribution in [3.8, 4) is 0 Å². The Bertz CT molecular complexity index is 447. The Morgan fingerprint density at radius 3 is 3.00 bits per heavy atom. The molecule has 2 rings (SSSR count). The van der Waals surface area contributed by atoms with Gasteiger partial charge in [0.25, 0.3) is 0 Å². The average Bonchev–Trinajstić information content (AvgIpc) is 2.71. The predicted molar refractivity (Wildman–Crippen MR) is 57.9 cm³/mol. The molecule has 0 aliphatic carbocycles. The molecular weight excluding hydrogens is 234 g/mol. The molecule has 0 radical (unpaired) electrons. The Morgan fingerprint density at radius 2 is 2.33 bits per heavy atom. The lowest BCUT2D eigenvalue weighted by atomic mass is 10.2. The molecule has 2 aromatic rings. The van der Waals surface area contributed by atoms with Crippen LogP contribution in [0.5, 0.6) is 0 Å². The second kappa shape index (κ2) is 4.65. The van der Waals surface area contributed by atoms with Crippen LogP contribution in [0.2, 0.25) is 5.02 Å². The van der Waals surface area contributed by atoms with Gasteiger partial charge in [0.05, 0.1) is 6.61 Å². The summed E-state index contributed by atoms with van der Waals surface area (Å²) in [7, 11) is 0. The third kappa shape index (κ3) is 2.31. The quantitative estimate of drug-likeness (QED) is 0.864. The van der Waals surface area contributed by atoms with Crippen LogP contribution < -0.4 is 0 Å². The van der Waals surface area contributed by atoms with E-state index in [4.69, 9.17) is 11.6 Å². The zero-order chi connectivity index (χ0) is 10.7. The number of hydrogen-bond donors (Lipinski definition) is 2. The molecular formula is C9H8ClN3OS. The lowest BCUT2D eigenvalue weighted by molar-refractivity contribution is 0.279. The van der Waals surface area contributed by atoms with Gasteiger partial charge in [0.15, 0.2) is 5.16 Å². The molecule has 0 spiro atoms. The summed E-state index contributed by atoms with van der Waals surface area (Å²) in [4.78, 5) is 4.86. The molecule has 4 nitrogen and oxygen atoms in total. The normalized spacial score (nSPS) is 10.5. The largest absolute Gasteiger partial charge is 0.392 e. The van der Waals surface area contributed by atoms with Gasteiger partial charge in [-0.15, -0.1) is 0 Å². The van der Waals surface area contributed by atoms with E-state index in [2.05, 4.69) is 15.2 Å². The Balaban J connectivity index is 2.32. The highest BCUT2D eigenvalue weighted by atomic mass is 35.5. The molecule has 0 bridgehead atoms. The average molecular weight is 242 g/mol. The number of aliphatic hydroxyl groups excluding tert-OH is 1. The molecule has 0 fully saturated rings. The van der Waals surface area contributed by atoms with E-state index in [1.807, 2.05) is 12.1 Å². The van der Waals surface area contributed by atoms with Gasteiger partial charge >= 0.3 is 0 Å². The van der Waals surface area contributed by atoms with Gasteiger partial charge in [0, 0.05) is 15.5 Å². The number of hydrogen-bond acceptors (Lipinski definition) is 4. The second-order valence-corrected chi connectivity index (χ2v) is 4.21. The number of benzene rings is 1. The minimum atomic E-state index is -0.0872. The number of rotatable bonds is 3. The highest BCUT2D eigenvalue weighted by molar-refractivity contribution is 7.99. The molecule has 1 heterocycles. The molecule has 6 heteroatoms. The number of aromatic nitrogens is 3. The van der Waals surface area contributed by atoms with Crippen LogP contribution in [0.15, 0.2) is 34.6 Å². The molecule has 2 N–H and O–H groups in total. The van der Waals surface area contributed by atoms with Crippen LogP contribution in [-0.4, -0.2) is 20.3 Å². The van der Waals surface area contributed by atoms with E-state index in [1.54, 1.807) is 6.07 Å². The molecule has 1 aromatic heterocycles.